The second-order valence-corrected chi connectivity index (χ2v) is 8.63. The molecule has 0 aliphatic carbocycles. The molecule has 0 saturated carbocycles. The number of rotatable bonds is 8. The number of β-amino-alcohol motifs (C(OH)–C–C–N with tert-alkyl or cyclic N) is 1. The number of methoxy groups -OCH3 is 1. The van der Waals surface area contributed by atoms with Gasteiger partial charge in [0.15, 0.2) is 0 Å². The van der Waals surface area contributed by atoms with Crippen LogP contribution in [0.5, 0.6) is 11.5 Å². The van der Waals surface area contributed by atoms with Crippen LogP contribution in [-0.2, 0) is 0 Å². The fourth-order valence-corrected chi connectivity index (χ4v) is 4.02. The van der Waals surface area contributed by atoms with E-state index in [2.05, 4.69) is 29.7 Å². The number of anilines is 1. The van der Waals surface area contributed by atoms with Crippen molar-refractivity contribution in [2.24, 2.45) is 0 Å². The normalized spacial score (nSPS) is 16.0. The molecule has 5 nitrogen and oxygen atoms in total. The van der Waals surface area contributed by atoms with Gasteiger partial charge in [-0.05, 0) is 48.2 Å². The molecule has 30 heavy (non-hydrogen) atoms. The number of aliphatic hydroxyl groups excluding tert-OH is 1. The molecule has 0 amide bonds. The molecule has 164 valence electrons. The van der Waals surface area contributed by atoms with Gasteiger partial charge in [-0.15, -0.1) is 0 Å². The topological polar surface area (TPSA) is 45.2 Å². The Morgan fingerprint density at radius 2 is 1.77 bits per heavy atom. The smallest absolute Gasteiger partial charge is 0.142 e. The van der Waals surface area contributed by atoms with Crippen molar-refractivity contribution in [2.75, 3.05) is 51.3 Å². The monoisotopic (exact) mass is 432 g/mol. The molecule has 1 heterocycles. The van der Waals surface area contributed by atoms with Crippen molar-refractivity contribution in [3.63, 3.8) is 0 Å². The van der Waals surface area contributed by atoms with E-state index in [1.54, 1.807) is 7.11 Å². The van der Waals surface area contributed by atoms with Crippen LogP contribution in [-0.4, -0.2) is 62.6 Å². The number of hydrogen-bond donors (Lipinski definition) is 1. The van der Waals surface area contributed by atoms with Crippen molar-refractivity contribution in [2.45, 2.75) is 32.8 Å². The van der Waals surface area contributed by atoms with E-state index in [9.17, 15) is 5.11 Å². The van der Waals surface area contributed by atoms with Gasteiger partial charge in [0, 0.05) is 37.7 Å². The van der Waals surface area contributed by atoms with Crippen LogP contribution in [0.25, 0.3) is 0 Å². The second kappa shape index (κ2) is 10.4. The number of ether oxygens (including phenoxy) is 2. The van der Waals surface area contributed by atoms with Gasteiger partial charge in [0.25, 0.3) is 0 Å². The first kappa shape index (κ1) is 22.7. The average molecular weight is 433 g/mol. The Bertz CT molecular complexity index is 835. The van der Waals surface area contributed by atoms with E-state index in [1.807, 2.05) is 37.3 Å². The van der Waals surface area contributed by atoms with Crippen LogP contribution < -0.4 is 14.4 Å². The Morgan fingerprint density at radius 3 is 2.43 bits per heavy atom. The number of para-hydroxylation sites is 2. The minimum atomic E-state index is -0.543. The van der Waals surface area contributed by atoms with E-state index < -0.39 is 6.10 Å². The minimum Gasteiger partial charge on any atom is -0.495 e. The highest BCUT2D eigenvalue weighted by Crippen LogP contribution is 2.32. The van der Waals surface area contributed by atoms with Crippen LogP contribution in [0.3, 0.4) is 0 Å². The van der Waals surface area contributed by atoms with Gasteiger partial charge in [0.1, 0.15) is 24.2 Å². The van der Waals surface area contributed by atoms with Crippen molar-refractivity contribution in [3.05, 3.63) is 52.5 Å². The zero-order chi connectivity index (χ0) is 21.7. The van der Waals surface area contributed by atoms with Gasteiger partial charge in [-0.1, -0.05) is 37.6 Å². The highest BCUT2D eigenvalue weighted by Gasteiger charge is 2.22. The maximum Gasteiger partial charge on any atom is 0.142 e. The molecule has 0 spiro atoms. The summed E-state index contributed by atoms with van der Waals surface area (Å²) < 4.78 is 11.5. The molecule has 1 atom stereocenters. The highest BCUT2D eigenvalue weighted by atomic mass is 35.5. The number of nitrogens with zero attached hydrogens (tertiary/aromatic N) is 2. The maximum atomic E-state index is 10.6. The van der Waals surface area contributed by atoms with Crippen molar-refractivity contribution in [1.82, 2.24) is 4.90 Å². The van der Waals surface area contributed by atoms with Gasteiger partial charge >= 0.3 is 0 Å². The van der Waals surface area contributed by atoms with E-state index in [0.717, 1.165) is 59.5 Å². The molecule has 1 fully saturated rings. The molecule has 3 rings (SSSR count). The first-order valence-electron chi connectivity index (χ1n) is 10.6. The first-order chi connectivity index (χ1) is 14.4. The van der Waals surface area contributed by atoms with Crippen LogP contribution in [0.15, 0.2) is 36.4 Å². The van der Waals surface area contributed by atoms with E-state index >= 15 is 0 Å². The number of halogens is 1. The molecule has 1 aliphatic heterocycles. The van der Waals surface area contributed by atoms with Crippen LogP contribution in [0, 0.1) is 6.92 Å². The second-order valence-electron chi connectivity index (χ2n) is 8.22. The van der Waals surface area contributed by atoms with Gasteiger partial charge in [-0.25, -0.2) is 0 Å². The largest absolute Gasteiger partial charge is 0.495 e. The van der Waals surface area contributed by atoms with Crippen LogP contribution >= 0.6 is 11.6 Å². The Morgan fingerprint density at radius 1 is 1.07 bits per heavy atom. The van der Waals surface area contributed by atoms with E-state index in [-0.39, 0.29) is 6.61 Å². The first-order valence-corrected chi connectivity index (χ1v) is 11.0. The molecule has 0 aromatic heterocycles. The van der Waals surface area contributed by atoms with E-state index in [4.69, 9.17) is 21.1 Å². The molecule has 2 aromatic rings. The summed E-state index contributed by atoms with van der Waals surface area (Å²) in [6.45, 7) is 10.7. The molecular formula is C24H33ClN2O3. The van der Waals surface area contributed by atoms with Crippen molar-refractivity contribution in [3.8, 4) is 11.5 Å². The Balaban J connectivity index is 1.51. The molecular weight excluding hydrogens is 400 g/mol. The summed E-state index contributed by atoms with van der Waals surface area (Å²) in [4.78, 5) is 4.63. The summed E-state index contributed by atoms with van der Waals surface area (Å²) in [5.41, 5.74) is 3.18. The summed E-state index contributed by atoms with van der Waals surface area (Å²) in [7, 11) is 1.71. The Labute approximate surface area is 185 Å². The van der Waals surface area contributed by atoms with Crippen LogP contribution in [0.2, 0.25) is 5.02 Å². The zero-order valence-electron chi connectivity index (χ0n) is 18.4. The Hall–Kier alpha value is -1.95. The molecule has 0 bridgehead atoms. The fraction of sp³-hybridized carbons (Fsp3) is 0.500. The predicted molar refractivity (Wildman–Crippen MR) is 123 cm³/mol. The third-order valence-corrected chi connectivity index (χ3v) is 6.02. The molecule has 1 unspecified atom stereocenters. The molecule has 0 radical (unpaired) electrons. The van der Waals surface area contributed by atoms with Gasteiger partial charge < -0.3 is 19.5 Å². The van der Waals surface area contributed by atoms with Gasteiger partial charge in [-0.3, -0.25) is 4.90 Å². The summed E-state index contributed by atoms with van der Waals surface area (Å²) in [6.07, 6.45) is -0.543. The molecule has 1 saturated heterocycles. The number of hydrogen-bond acceptors (Lipinski definition) is 5. The SMILES string of the molecule is COc1ccccc1N1CCN(CC(O)COc2cc(C)c(Cl)cc2C(C)C)CC1. The summed E-state index contributed by atoms with van der Waals surface area (Å²) in [5.74, 6) is 2.02. The number of benzene rings is 2. The molecule has 6 heteroatoms. The lowest BCUT2D eigenvalue weighted by Crippen LogP contribution is -2.49. The summed E-state index contributed by atoms with van der Waals surface area (Å²) >= 11 is 6.27. The minimum absolute atomic E-state index is 0.271. The van der Waals surface area contributed by atoms with Gasteiger partial charge in [-0.2, -0.15) is 0 Å². The third-order valence-electron chi connectivity index (χ3n) is 5.61. The van der Waals surface area contributed by atoms with Crippen molar-refractivity contribution >= 4 is 17.3 Å². The number of aryl methyl sites for hydroxylation is 1. The predicted octanol–water partition coefficient (Wildman–Crippen LogP) is 4.34. The maximum absolute atomic E-state index is 10.6. The van der Waals surface area contributed by atoms with Gasteiger partial charge in [0.05, 0.1) is 12.8 Å². The number of piperazine rings is 1. The lowest BCUT2D eigenvalue weighted by Gasteiger charge is -2.37. The average Bonchev–Trinajstić information content (AvgIpc) is 2.74. The standard InChI is InChI=1S/C24H33ClN2O3/c1-17(2)20-14-21(25)18(3)13-24(20)30-16-19(28)15-26-9-11-27(12-10-26)22-7-5-6-8-23(22)29-4/h5-8,13-14,17,19,28H,9-12,15-16H2,1-4H3. The van der Waals surface area contributed by atoms with Crippen LogP contribution in [0.4, 0.5) is 5.69 Å². The van der Waals surface area contributed by atoms with Gasteiger partial charge in [0.2, 0.25) is 0 Å². The highest BCUT2D eigenvalue weighted by molar-refractivity contribution is 6.31. The number of aliphatic hydroxyl groups is 1. The Kier molecular flexibility index (Phi) is 7.87. The molecule has 2 aromatic carbocycles. The molecule has 1 N–H and O–H groups in total. The van der Waals surface area contributed by atoms with Crippen molar-refractivity contribution in [1.29, 1.82) is 0 Å². The lowest BCUT2D eigenvalue weighted by atomic mass is 10.0. The lowest BCUT2D eigenvalue weighted by molar-refractivity contribution is 0.0658. The van der Waals surface area contributed by atoms with Crippen LogP contribution in [0.1, 0.15) is 30.9 Å². The van der Waals surface area contributed by atoms with E-state index in [1.165, 1.54) is 0 Å². The summed E-state index contributed by atoms with van der Waals surface area (Å²) in [5, 5.41) is 11.3. The third kappa shape index (κ3) is 5.60. The van der Waals surface area contributed by atoms with Crippen molar-refractivity contribution < 1.29 is 14.6 Å². The zero-order valence-corrected chi connectivity index (χ0v) is 19.2. The summed E-state index contributed by atoms with van der Waals surface area (Å²) in [6, 6.07) is 12.1. The quantitative estimate of drug-likeness (QED) is 0.672. The van der Waals surface area contributed by atoms with E-state index in [0.29, 0.717) is 12.5 Å². The fourth-order valence-electron chi connectivity index (χ4n) is 3.85. The molecule has 1 aliphatic rings.